The summed E-state index contributed by atoms with van der Waals surface area (Å²) in [6.07, 6.45) is 0.559. The molecule has 1 aromatic heterocycles. The van der Waals surface area contributed by atoms with Crippen molar-refractivity contribution in [2.75, 3.05) is 19.7 Å². The molecule has 0 bridgehead atoms. The third-order valence-corrected chi connectivity index (χ3v) is 6.80. The van der Waals surface area contributed by atoms with Crippen LogP contribution in [0.25, 0.3) is 10.9 Å². The molecule has 0 radical (unpaired) electrons. The summed E-state index contributed by atoms with van der Waals surface area (Å²) in [7, 11) is -3.51. The van der Waals surface area contributed by atoms with Crippen molar-refractivity contribution in [3.63, 3.8) is 0 Å². The van der Waals surface area contributed by atoms with E-state index in [1.54, 1.807) is 18.2 Å². The fourth-order valence-corrected chi connectivity index (χ4v) is 4.98. The molecule has 7 heteroatoms. The van der Waals surface area contributed by atoms with Crippen LogP contribution in [0, 0.1) is 0 Å². The molecule has 2 aliphatic heterocycles. The van der Waals surface area contributed by atoms with Crippen LogP contribution in [0.2, 0.25) is 0 Å². The van der Waals surface area contributed by atoms with Crippen LogP contribution in [0.5, 0.6) is 11.6 Å². The number of benzene rings is 2. The summed E-state index contributed by atoms with van der Waals surface area (Å²) in [6, 6.07) is 16.7. The quantitative estimate of drug-likeness (QED) is 0.694. The normalized spacial score (nSPS) is 17.3. The van der Waals surface area contributed by atoms with Crippen molar-refractivity contribution in [3.05, 3.63) is 60.2 Å². The molecule has 0 atom stereocenters. The molecule has 138 valence electrons. The average Bonchev–Trinajstić information content (AvgIpc) is 3.12. The highest BCUT2D eigenvalue weighted by Gasteiger charge is 2.38. The molecular weight excluding hydrogens is 364 g/mol. The second-order valence-electron chi connectivity index (χ2n) is 6.77. The van der Waals surface area contributed by atoms with Gasteiger partial charge in [-0.15, -0.1) is 0 Å². The zero-order valence-electron chi connectivity index (χ0n) is 14.5. The van der Waals surface area contributed by atoms with Crippen molar-refractivity contribution < 1.29 is 17.9 Å². The Labute approximate surface area is 157 Å². The molecule has 0 saturated carbocycles. The van der Waals surface area contributed by atoms with Crippen LogP contribution in [0.4, 0.5) is 0 Å². The fraction of sp³-hybridized carbons (Fsp3) is 0.250. The average molecular weight is 382 g/mol. The van der Waals surface area contributed by atoms with Crippen molar-refractivity contribution >= 4 is 20.9 Å². The number of sulfonamides is 1. The second kappa shape index (κ2) is 6.21. The zero-order chi connectivity index (χ0) is 18.4. The lowest BCUT2D eigenvalue weighted by Crippen LogP contribution is -2.56. The predicted octanol–water partition coefficient (Wildman–Crippen LogP) is 2.62. The summed E-state index contributed by atoms with van der Waals surface area (Å²) in [6.45, 7) is 1.26. The van der Waals surface area contributed by atoms with Gasteiger partial charge in [0.25, 0.3) is 0 Å². The van der Waals surface area contributed by atoms with E-state index in [1.165, 1.54) is 4.31 Å². The summed E-state index contributed by atoms with van der Waals surface area (Å²) >= 11 is 0. The van der Waals surface area contributed by atoms with Gasteiger partial charge in [0, 0.05) is 17.9 Å². The maximum atomic E-state index is 12.8. The molecule has 2 aliphatic rings. The van der Waals surface area contributed by atoms with E-state index in [-0.39, 0.29) is 6.10 Å². The Morgan fingerprint density at radius 3 is 2.81 bits per heavy atom. The Kier molecular flexibility index (Phi) is 3.80. The number of aromatic nitrogens is 1. The van der Waals surface area contributed by atoms with Crippen LogP contribution in [0.15, 0.2) is 59.5 Å². The molecule has 0 N–H and O–H groups in total. The van der Waals surface area contributed by atoms with Gasteiger partial charge >= 0.3 is 0 Å². The molecule has 6 nitrogen and oxygen atoms in total. The van der Waals surface area contributed by atoms with Crippen LogP contribution < -0.4 is 9.47 Å². The van der Waals surface area contributed by atoms with Gasteiger partial charge in [0.2, 0.25) is 15.9 Å². The third kappa shape index (κ3) is 2.93. The van der Waals surface area contributed by atoms with Gasteiger partial charge in [-0.25, -0.2) is 13.4 Å². The van der Waals surface area contributed by atoms with E-state index in [9.17, 15) is 8.42 Å². The number of ether oxygens (including phenoxy) is 2. The smallest absolute Gasteiger partial charge is 0.243 e. The summed E-state index contributed by atoms with van der Waals surface area (Å²) in [5.41, 5.74) is 1.81. The minimum absolute atomic E-state index is 0.189. The number of hydrogen-bond acceptors (Lipinski definition) is 5. The Morgan fingerprint density at radius 1 is 1.07 bits per heavy atom. The van der Waals surface area contributed by atoms with Crippen molar-refractivity contribution in [2.24, 2.45) is 0 Å². The van der Waals surface area contributed by atoms with Crippen molar-refractivity contribution in [1.29, 1.82) is 0 Å². The standard InChI is InChI=1S/C20H18N2O4S/c23-27(24,17-6-7-19-15(11-17)9-10-25-19)22-12-16(13-22)26-20-8-5-14-3-1-2-4-18(14)21-20/h1-8,11,16H,9-10,12-13H2. The van der Waals surface area contributed by atoms with Gasteiger partial charge in [-0.05, 0) is 35.9 Å². The van der Waals surface area contributed by atoms with Gasteiger partial charge < -0.3 is 9.47 Å². The van der Waals surface area contributed by atoms with Crippen LogP contribution in [-0.2, 0) is 16.4 Å². The summed E-state index contributed by atoms with van der Waals surface area (Å²) < 4.78 is 38.3. The van der Waals surface area contributed by atoms with E-state index in [2.05, 4.69) is 4.98 Å². The first-order valence-corrected chi connectivity index (χ1v) is 10.3. The zero-order valence-corrected chi connectivity index (χ0v) is 15.4. The van der Waals surface area contributed by atoms with Crippen LogP contribution >= 0.6 is 0 Å². The monoisotopic (exact) mass is 382 g/mol. The number of nitrogens with zero attached hydrogens (tertiary/aromatic N) is 2. The minimum atomic E-state index is -3.51. The van der Waals surface area contributed by atoms with Crippen LogP contribution in [0.1, 0.15) is 5.56 Å². The molecule has 3 aromatic rings. The lowest BCUT2D eigenvalue weighted by atomic mass is 10.2. The summed E-state index contributed by atoms with van der Waals surface area (Å²) in [4.78, 5) is 4.79. The summed E-state index contributed by atoms with van der Waals surface area (Å²) in [5.74, 6) is 1.30. The van der Waals surface area contributed by atoms with E-state index < -0.39 is 10.0 Å². The molecule has 0 unspecified atom stereocenters. The molecule has 0 aliphatic carbocycles. The third-order valence-electron chi connectivity index (χ3n) is 4.97. The Bertz CT molecular complexity index is 1120. The Morgan fingerprint density at radius 2 is 1.93 bits per heavy atom. The fourth-order valence-electron chi connectivity index (χ4n) is 3.43. The van der Waals surface area contributed by atoms with E-state index in [4.69, 9.17) is 9.47 Å². The maximum Gasteiger partial charge on any atom is 0.243 e. The van der Waals surface area contributed by atoms with E-state index in [1.807, 2.05) is 36.4 Å². The van der Waals surface area contributed by atoms with Gasteiger partial charge in [0.05, 0.1) is 30.1 Å². The number of fused-ring (bicyclic) bond motifs is 2. The second-order valence-corrected chi connectivity index (χ2v) is 8.71. The van der Waals surface area contributed by atoms with Gasteiger partial charge in [0.1, 0.15) is 11.9 Å². The molecule has 5 rings (SSSR count). The highest BCUT2D eigenvalue weighted by atomic mass is 32.2. The Hall–Kier alpha value is -2.64. The van der Waals surface area contributed by atoms with E-state index in [0.29, 0.717) is 30.5 Å². The van der Waals surface area contributed by atoms with Crippen molar-refractivity contribution in [3.8, 4) is 11.6 Å². The SMILES string of the molecule is O=S(=O)(c1ccc2c(c1)CCO2)N1CC(Oc2ccc3ccccc3n2)C1. The van der Waals surface area contributed by atoms with Crippen LogP contribution in [0.3, 0.4) is 0 Å². The topological polar surface area (TPSA) is 68.7 Å². The number of hydrogen-bond donors (Lipinski definition) is 0. The molecule has 0 amide bonds. The molecular formula is C20H18N2O4S. The lowest BCUT2D eigenvalue weighted by Gasteiger charge is -2.37. The van der Waals surface area contributed by atoms with Gasteiger partial charge in [0.15, 0.2) is 0 Å². The van der Waals surface area contributed by atoms with E-state index >= 15 is 0 Å². The lowest BCUT2D eigenvalue weighted by molar-refractivity contribution is 0.0724. The maximum absolute atomic E-state index is 12.8. The van der Waals surface area contributed by atoms with Crippen molar-refractivity contribution in [1.82, 2.24) is 9.29 Å². The number of rotatable bonds is 4. The molecule has 0 spiro atoms. The minimum Gasteiger partial charge on any atom is -0.493 e. The highest BCUT2D eigenvalue weighted by Crippen LogP contribution is 2.31. The first kappa shape index (κ1) is 16.5. The number of para-hydroxylation sites is 1. The van der Waals surface area contributed by atoms with Gasteiger partial charge in [-0.2, -0.15) is 4.31 Å². The first-order valence-electron chi connectivity index (χ1n) is 8.88. The highest BCUT2D eigenvalue weighted by molar-refractivity contribution is 7.89. The van der Waals surface area contributed by atoms with Gasteiger partial charge in [-0.1, -0.05) is 18.2 Å². The van der Waals surface area contributed by atoms with Crippen LogP contribution in [-0.4, -0.2) is 43.5 Å². The van der Waals surface area contributed by atoms with E-state index in [0.717, 1.165) is 28.6 Å². The molecule has 2 aromatic carbocycles. The molecule has 3 heterocycles. The largest absolute Gasteiger partial charge is 0.493 e. The molecule has 1 fully saturated rings. The Balaban J connectivity index is 1.28. The summed E-state index contributed by atoms with van der Waals surface area (Å²) in [5, 5.41) is 1.04. The van der Waals surface area contributed by atoms with Gasteiger partial charge in [-0.3, -0.25) is 0 Å². The first-order chi connectivity index (χ1) is 13.1. The predicted molar refractivity (Wildman–Crippen MR) is 101 cm³/mol. The molecule has 27 heavy (non-hydrogen) atoms. The van der Waals surface area contributed by atoms with Crippen molar-refractivity contribution in [2.45, 2.75) is 17.4 Å². The number of pyridine rings is 1. The molecule has 1 saturated heterocycles.